The van der Waals surface area contributed by atoms with Crippen LogP contribution in [0.25, 0.3) is 43.1 Å². The lowest BCUT2D eigenvalue weighted by Gasteiger charge is -2.11. The van der Waals surface area contributed by atoms with Gasteiger partial charge in [0.1, 0.15) is 5.75 Å². The molecule has 0 amide bonds. The number of ether oxygens (including phenoxy) is 1. The van der Waals surface area contributed by atoms with Crippen molar-refractivity contribution in [1.29, 1.82) is 0 Å². The Bertz CT molecular complexity index is 1520. The Morgan fingerprint density at radius 1 is 0.559 bits per heavy atom. The van der Waals surface area contributed by atoms with Crippen LogP contribution in [0.3, 0.4) is 0 Å². The number of carbonyl (C=O) groups excluding carboxylic acids is 1. The molecular formula is C32H24O2. The zero-order chi connectivity index (χ0) is 23.5. The highest BCUT2D eigenvalue weighted by Crippen LogP contribution is 2.35. The first-order valence-electron chi connectivity index (χ1n) is 11.3. The standard InChI is InChI=1S/C18H14O2.C14H10/c1-12(2)18(19)20-17-15-9-5-3-7-13(15)11-14-8-4-6-10-16(14)17;1-2-6-12-10-14-8-4-3-7-13(14)9-11(12)5-1/h3-11H,1H2,2H3;1-10H. The first-order valence-corrected chi connectivity index (χ1v) is 11.3. The monoisotopic (exact) mass is 440 g/mol. The maximum Gasteiger partial charge on any atom is 0.338 e. The molecule has 6 aromatic rings. The van der Waals surface area contributed by atoms with E-state index in [1.807, 2.05) is 48.5 Å². The van der Waals surface area contributed by atoms with Crippen LogP contribution in [0.5, 0.6) is 5.75 Å². The third kappa shape index (κ3) is 4.26. The average Bonchev–Trinajstić information content (AvgIpc) is 2.87. The van der Waals surface area contributed by atoms with Gasteiger partial charge in [0, 0.05) is 16.3 Å². The van der Waals surface area contributed by atoms with E-state index in [4.69, 9.17) is 4.74 Å². The van der Waals surface area contributed by atoms with Crippen LogP contribution in [-0.2, 0) is 4.79 Å². The third-order valence-corrected chi connectivity index (χ3v) is 5.88. The molecular weight excluding hydrogens is 416 g/mol. The van der Waals surface area contributed by atoms with Gasteiger partial charge in [-0.1, -0.05) is 104 Å². The van der Waals surface area contributed by atoms with Gasteiger partial charge in [-0.2, -0.15) is 0 Å². The number of benzene rings is 6. The lowest BCUT2D eigenvalue weighted by atomic mass is 10.0. The summed E-state index contributed by atoms with van der Waals surface area (Å²) in [5.74, 6) is 0.207. The molecule has 0 aliphatic heterocycles. The minimum Gasteiger partial charge on any atom is -0.422 e. The van der Waals surface area contributed by atoms with Crippen LogP contribution in [0.2, 0.25) is 0 Å². The van der Waals surface area contributed by atoms with Crippen LogP contribution in [-0.4, -0.2) is 5.97 Å². The summed E-state index contributed by atoms with van der Waals surface area (Å²) in [5.41, 5.74) is 0.391. The number of hydrogen-bond acceptors (Lipinski definition) is 2. The van der Waals surface area contributed by atoms with Crippen molar-refractivity contribution >= 4 is 49.1 Å². The first-order chi connectivity index (χ1) is 16.6. The maximum absolute atomic E-state index is 11.9. The quantitative estimate of drug-likeness (QED) is 0.117. The van der Waals surface area contributed by atoms with Gasteiger partial charge in [-0.15, -0.1) is 0 Å². The van der Waals surface area contributed by atoms with Crippen LogP contribution in [0.1, 0.15) is 6.92 Å². The lowest BCUT2D eigenvalue weighted by Crippen LogP contribution is -2.08. The van der Waals surface area contributed by atoms with Crippen molar-refractivity contribution in [2.24, 2.45) is 0 Å². The van der Waals surface area contributed by atoms with Gasteiger partial charge < -0.3 is 4.74 Å². The summed E-state index contributed by atoms with van der Waals surface area (Å²) in [6.45, 7) is 5.29. The summed E-state index contributed by atoms with van der Waals surface area (Å²) < 4.78 is 5.56. The van der Waals surface area contributed by atoms with Gasteiger partial charge in [0.2, 0.25) is 0 Å². The van der Waals surface area contributed by atoms with E-state index in [2.05, 4.69) is 73.3 Å². The number of carbonyl (C=O) groups is 1. The average molecular weight is 441 g/mol. The lowest BCUT2D eigenvalue weighted by molar-refractivity contribution is -0.129. The van der Waals surface area contributed by atoms with Gasteiger partial charge in [-0.05, 0) is 57.4 Å². The van der Waals surface area contributed by atoms with E-state index < -0.39 is 5.97 Å². The molecule has 0 radical (unpaired) electrons. The molecule has 0 heterocycles. The van der Waals surface area contributed by atoms with E-state index in [-0.39, 0.29) is 0 Å². The Balaban J connectivity index is 0.000000150. The van der Waals surface area contributed by atoms with Gasteiger partial charge in [0.15, 0.2) is 0 Å². The fourth-order valence-corrected chi connectivity index (χ4v) is 4.14. The predicted octanol–water partition coefficient (Wildman–Crippen LogP) is 8.47. The van der Waals surface area contributed by atoms with Gasteiger partial charge in [0.05, 0.1) is 0 Å². The van der Waals surface area contributed by atoms with Gasteiger partial charge in [-0.3, -0.25) is 0 Å². The molecule has 0 fully saturated rings. The van der Waals surface area contributed by atoms with E-state index in [9.17, 15) is 4.79 Å². The molecule has 0 saturated carbocycles. The Kier molecular flexibility index (Phi) is 5.80. The summed E-state index contributed by atoms with van der Waals surface area (Å²) in [4.78, 5) is 11.9. The molecule has 164 valence electrons. The minimum atomic E-state index is -0.397. The molecule has 0 aromatic heterocycles. The highest BCUT2D eigenvalue weighted by atomic mass is 16.5. The van der Waals surface area contributed by atoms with E-state index in [0.29, 0.717) is 11.3 Å². The number of rotatable bonds is 2. The molecule has 0 saturated heterocycles. The SMILES string of the molecule is C=C(C)C(=O)Oc1c2ccccc2cc2ccccc12.c1ccc2cc3ccccc3cc2c1. The van der Waals surface area contributed by atoms with E-state index in [0.717, 1.165) is 21.5 Å². The summed E-state index contributed by atoms with van der Waals surface area (Å²) in [5, 5.41) is 9.21. The number of hydrogen-bond donors (Lipinski definition) is 0. The highest BCUT2D eigenvalue weighted by Gasteiger charge is 2.13. The first kappa shape index (κ1) is 21.4. The van der Waals surface area contributed by atoms with Crippen LogP contribution in [0.15, 0.2) is 127 Å². The van der Waals surface area contributed by atoms with Crippen LogP contribution >= 0.6 is 0 Å². The minimum absolute atomic E-state index is 0.391. The van der Waals surface area contributed by atoms with Gasteiger partial charge in [-0.25, -0.2) is 4.79 Å². The van der Waals surface area contributed by atoms with Crippen molar-refractivity contribution in [3.05, 3.63) is 127 Å². The van der Waals surface area contributed by atoms with E-state index in [1.165, 1.54) is 21.5 Å². The van der Waals surface area contributed by atoms with Crippen molar-refractivity contribution in [3.8, 4) is 5.75 Å². The Hall–Kier alpha value is -4.43. The van der Waals surface area contributed by atoms with E-state index >= 15 is 0 Å². The van der Waals surface area contributed by atoms with Crippen molar-refractivity contribution < 1.29 is 9.53 Å². The second kappa shape index (κ2) is 9.21. The van der Waals surface area contributed by atoms with Crippen LogP contribution in [0.4, 0.5) is 0 Å². The van der Waals surface area contributed by atoms with Crippen molar-refractivity contribution in [3.63, 3.8) is 0 Å². The fraction of sp³-hybridized carbons (Fsp3) is 0.0312. The Morgan fingerprint density at radius 3 is 1.26 bits per heavy atom. The van der Waals surface area contributed by atoms with Crippen molar-refractivity contribution in [2.75, 3.05) is 0 Å². The zero-order valence-electron chi connectivity index (χ0n) is 19.0. The van der Waals surface area contributed by atoms with E-state index in [1.54, 1.807) is 6.92 Å². The molecule has 0 atom stereocenters. The maximum atomic E-state index is 11.9. The largest absolute Gasteiger partial charge is 0.422 e. The highest BCUT2D eigenvalue weighted by molar-refractivity contribution is 6.07. The molecule has 6 rings (SSSR count). The molecule has 0 aliphatic carbocycles. The molecule has 0 spiro atoms. The second-order valence-corrected chi connectivity index (χ2v) is 8.36. The predicted molar refractivity (Wildman–Crippen MR) is 143 cm³/mol. The molecule has 0 aliphatic rings. The number of esters is 1. The van der Waals surface area contributed by atoms with Crippen molar-refractivity contribution in [2.45, 2.75) is 6.92 Å². The normalized spacial score (nSPS) is 10.7. The number of fused-ring (bicyclic) bond motifs is 4. The third-order valence-electron chi connectivity index (χ3n) is 5.88. The second-order valence-electron chi connectivity index (χ2n) is 8.36. The van der Waals surface area contributed by atoms with Crippen LogP contribution in [0, 0.1) is 0 Å². The van der Waals surface area contributed by atoms with Gasteiger partial charge in [0.25, 0.3) is 0 Å². The topological polar surface area (TPSA) is 26.3 Å². The summed E-state index contributed by atoms with van der Waals surface area (Å²) in [6, 6.07) is 39.3. The molecule has 0 unspecified atom stereocenters. The Morgan fingerprint density at radius 2 is 0.882 bits per heavy atom. The smallest absolute Gasteiger partial charge is 0.338 e. The Labute approximate surface area is 198 Å². The molecule has 0 bridgehead atoms. The molecule has 2 nitrogen and oxygen atoms in total. The van der Waals surface area contributed by atoms with Crippen LogP contribution < -0.4 is 4.74 Å². The van der Waals surface area contributed by atoms with Crippen molar-refractivity contribution in [1.82, 2.24) is 0 Å². The molecule has 34 heavy (non-hydrogen) atoms. The summed E-state index contributed by atoms with van der Waals surface area (Å²) in [6.07, 6.45) is 0. The summed E-state index contributed by atoms with van der Waals surface area (Å²) >= 11 is 0. The van der Waals surface area contributed by atoms with Gasteiger partial charge >= 0.3 is 5.97 Å². The molecule has 0 N–H and O–H groups in total. The fourth-order valence-electron chi connectivity index (χ4n) is 4.14. The zero-order valence-corrected chi connectivity index (χ0v) is 19.0. The molecule has 6 aromatic carbocycles. The summed E-state index contributed by atoms with van der Waals surface area (Å²) in [7, 11) is 0. The molecule has 2 heteroatoms.